The molecule has 14 heteroatoms. The summed E-state index contributed by atoms with van der Waals surface area (Å²) in [6.07, 6.45) is 1.11. The molecule has 1 amide bonds. The molecule has 0 heterocycles. The van der Waals surface area contributed by atoms with Gasteiger partial charge in [-0.25, -0.2) is 13.8 Å². The van der Waals surface area contributed by atoms with Crippen LogP contribution in [0.2, 0.25) is 20.1 Å². The van der Waals surface area contributed by atoms with Gasteiger partial charge in [0.25, 0.3) is 11.6 Å². The van der Waals surface area contributed by atoms with Crippen molar-refractivity contribution in [2.75, 3.05) is 6.54 Å². The molecule has 0 aliphatic heterocycles. The van der Waals surface area contributed by atoms with Crippen molar-refractivity contribution in [3.05, 3.63) is 102 Å². The number of nitro benzene ring substituents is 1. The van der Waals surface area contributed by atoms with Gasteiger partial charge in [0.1, 0.15) is 0 Å². The van der Waals surface area contributed by atoms with Gasteiger partial charge in [-0.15, -0.1) is 0 Å². The molecule has 3 aromatic carbocycles. The standard InChI is InChI=1S/C22H16Cl4N4O5S/c23-15-4-7-17(8-5-15)36(34,35)29(12-18-20(25)2-1-3-21(18)26)13-22(31)28-27-11-14-10-16(30(32)33)6-9-19(14)24/h1-11H,12-13H2,(H,28,31)/b27-11-. The van der Waals surface area contributed by atoms with Gasteiger partial charge in [-0.3, -0.25) is 14.9 Å². The number of hydrogen-bond acceptors (Lipinski definition) is 6. The topological polar surface area (TPSA) is 122 Å². The summed E-state index contributed by atoms with van der Waals surface area (Å²) in [5.41, 5.74) is 2.46. The summed E-state index contributed by atoms with van der Waals surface area (Å²) in [6.45, 7) is -0.955. The van der Waals surface area contributed by atoms with Crippen LogP contribution >= 0.6 is 46.4 Å². The van der Waals surface area contributed by atoms with E-state index in [1.807, 2.05) is 0 Å². The van der Waals surface area contributed by atoms with Gasteiger partial charge in [-0.2, -0.15) is 9.41 Å². The van der Waals surface area contributed by atoms with Gasteiger partial charge in [-0.05, 0) is 42.5 Å². The Morgan fingerprint density at radius 1 is 1.00 bits per heavy atom. The second-order valence-corrected chi connectivity index (χ2v) is 10.8. The Morgan fingerprint density at radius 3 is 2.25 bits per heavy atom. The van der Waals surface area contributed by atoms with Crippen LogP contribution in [-0.4, -0.2) is 36.3 Å². The van der Waals surface area contributed by atoms with Crippen LogP contribution in [0.4, 0.5) is 5.69 Å². The molecule has 1 N–H and O–H groups in total. The van der Waals surface area contributed by atoms with Gasteiger partial charge >= 0.3 is 0 Å². The van der Waals surface area contributed by atoms with E-state index in [1.165, 1.54) is 42.5 Å². The van der Waals surface area contributed by atoms with Crippen molar-refractivity contribution in [2.24, 2.45) is 5.10 Å². The highest BCUT2D eigenvalue weighted by Gasteiger charge is 2.28. The van der Waals surface area contributed by atoms with Crippen LogP contribution in [-0.2, 0) is 21.4 Å². The molecular formula is C22H16Cl4N4O5S. The Morgan fingerprint density at radius 2 is 1.64 bits per heavy atom. The van der Waals surface area contributed by atoms with Crippen LogP contribution in [0.1, 0.15) is 11.1 Å². The van der Waals surface area contributed by atoms with Gasteiger partial charge < -0.3 is 0 Å². The lowest BCUT2D eigenvalue weighted by atomic mass is 10.2. The molecule has 0 spiro atoms. The third kappa shape index (κ3) is 6.94. The zero-order valence-electron chi connectivity index (χ0n) is 18.1. The van der Waals surface area contributed by atoms with Crippen molar-refractivity contribution in [2.45, 2.75) is 11.4 Å². The molecule has 0 radical (unpaired) electrons. The van der Waals surface area contributed by atoms with Gasteiger partial charge in [-0.1, -0.05) is 52.5 Å². The Bertz CT molecular complexity index is 1410. The van der Waals surface area contributed by atoms with E-state index in [2.05, 4.69) is 10.5 Å². The van der Waals surface area contributed by atoms with Crippen molar-refractivity contribution >= 4 is 74.2 Å². The Balaban J connectivity index is 1.85. The Labute approximate surface area is 226 Å². The van der Waals surface area contributed by atoms with Crippen molar-refractivity contribution in [1.82, 2.24) is 9.73 Å². The number of carbonyl (C=O) groups is 1. The first-order valence-corrected chi connectivity index (χ1v) is 12.9. The maximum Gasteiger partial charge on any atom is 0.270 e. The van der Waals surface area contributed by atoms with Crippen LogP contribution in [0.15, 0.2) is 70.7 Å². The number of rotatable bonds is 9. The zero-order valence-corrected chi connectivity index (χ0v) is 21.9. The molecule has 36 heavy (non-hydrogen) atoms. The first kappa shape index (κ1) is 27.9. The minimum Gasteiger partial charge on any atom is -0.272 e. The van der Waals surface area contributed by atoms with Crippen molar-refractivity contribution in [3.63, 3.8) is 0 Å². The number of hydrogen-bond donors (Lipinski definition) is 1. The lowest BCUT2D eigenvalue weighted by Crippen LogP contribution is -2.39. The van der Waals surface area contributed by atoms with Crippen molar-refractivity contribution in [1.29, 1.82) is 0 Å². The lowest BCUT2D eigenvalue weighted by molar-refractivity contribution is -0.384. The summed E-state index contributed by atoms with van der Waals surface area (Å²) >= 11 is 24.3. The van der Waals surface area contributed by atoms with E-state index in [9.17, 15) is 23.3 Å². The fraction of sp³-hybridized carbons (Fsp3) is 0.0909. The second-order valence-electron chi connectivity index (χ2n) is 7.18. The minimum atomic E-state index is -4.20. The summed E-state index contributed by atoms with van der Waals surface area (Å²) in [4.78, 5) is 22.9. The van der Waals surface area contributed by atoms with Crippen LogP contribution in [0.5, 0.6) is 0 Å². The monoisotopic (exact) mass is 588 g/mol. The number of halogens is 4. The third-order valence-corrected chi connectivity index (χ3v) is 7.86. The fourth-order valence-corrected chi connectivity index (χ4v) is 5.13. The molecule has 188 valence electrons. The highest BCUT2D eigenvalue weighted by atomic mass is 35.5. The maximum atomic E-state index is 13.3. The van der Waals surface area contributed by atoms with Gasteiger partial charge in [0, 0.05) is 49.9 Å². The number of sulfonamides is 1. The predicted molar refractivity (Wildman–Crippen MR) is 139 cm³/mol. The molecule has 0 aliphatic carbocycles. The number of hydrazone groups is 1. The van der Waals surface area contributed by atoms with E-state index < -0.39 is 27.4 Å². The molecule has 0 aliphatic rings. The van der Waals surface area contributed by atoms with Gasteiger partial charge in [0.05, 0.1) is 22.6 Å². The average molecular weight is 590 g/mol. The number of non-ortho nitro benzene ring substituents is 1. The Kier molecular flexibility index (Phi) is 9.29. The molecule has 0 atom stereocenters. The number of nitrogens with one attached hydrogen (secondary N) is 1. The fourth-order valence-electron chi connectivity index (χ4n) is 2.95. The first-order valence-electron chi connectivity index (χ1n) is 9.93. The number of nitro groups is 1. The van der Waals surface area contributed by atoms with Crippen LogP contribution < -0.4 is 5.43 Å². The quantitative estimate of drug-likeness (QED) is 0.199. The molecule has 0 unspecified atom stereocenters. The van der Waals surface area contributed by atoms with Gasteiger partial charge in [0.15, 0.2) is 0 Å². The zero-order chi connectivity index (χ0) is 26.5. The normalized spacial score (nSPS) is 11.7. The van der Waals surface area contributed by atoms with Gasteiger partial charge in [0.2, 0.25) is 10.0 Å². The number of amides is 1. The SMILES string of the molecule is O=C(CN(Cc1c(Cl)cccc1Cl)S(=O)(=O)c1ccc(Cl)cc1)N/N=C\c1cc([N+](=O)[O-])ccc1Cl. The minimum absolute atomic E-state index is 0.102. The van der Waals surface area contributed by atoms with E-state index in [1.54, 1.807) is 18.2 Å². The maximum absolute atomic E-state index is 13.3. The van der Waals surface area contributed by atoms with E-state index in [-0.39, 0.29) is 37.8 Å². The molecule has 3 aromatic rings. The van der Waals surface area contributed by atoms with E-state index in [0.29, 0.717) is 10.6 Å². The summed E-state index contributed by atoms with van der Waals surface area (Å²) in [7, 11) is -4.20. The van der Waals surface area contributed by atoms with E-state index >= 15 is 0 Å². The lowest BCUT2D eigenvalue weighted by Gasteiger charge is -2.22. The van der Waals surface area contributed by atoms with Crippen LogP contribution in [0, 0.1) is 10.1 Å². The average Bonchev–Trinajstić information content (AvgIpc) is 2.82. The largest absolute Gasteiger partial charge is 0.272 e. The molecule has 0 aromatic heterocycles. The highest BCUT2D eigenvalue weighted by Crippen LogP contribution is 2.28. The van der Waals surface area contributed by atoms with E-state index in [0.717, 1.165) is 10.5 Å². The van der Waals surface area contributed by atoms with Crippen molar-refractivity contribution < 1.29 is 18.1 Å². The second kappa shape index (κ2) is 12.0. The van der Waals surface area contributed by atoms with Crippen LogP contribution in [0.3, 0.4) is 0 Å². The molecule has 0 fully saturated rings. The highest BCUT2D eigenvalue weighted by molar-refractivity contribution is 7.89. The molecule has 3 rings (SSSR count). The summed E-state index contributed by atoms with van der Waals surface area (Å²) in [6, 6.07) is 13.8. The predicted octanol–water partition coefficient (Wildman–Crippen LogP) is 5.55. The first-order chi connectivity index (χ1) is 17.0. The number of nitrogens with zero attached hydrogens (tertiary/aromatic N) is 3. The molecule has 0 saturated carbocycles. The van der Waals surface area contributed by atoms with E-state index in [4.69, 9.17) is 46.4 Å². The molecule has 0 bridgehead atoms. The number of benzene rings is 3. The van der Waals surface area contributed by atoms with Crippen molar-refractivity contribution in [3.8, 4) is 0 Å². The third-order valence-electron chi connectivity index (χ3n) is 4.75. The number of carbonyl (C=O) groups excluding carboxylic acids is 1. The molecule has 9 nitrogen and oxygen atoms in total. The Hall–Kier alpha value is -2.73. The summed E-state index contributed by atoms with van der Waals surface area (Å²) < 4.78 is 27.6. The summed E-state index contributed by atoms with van der Waals surface area (Å²) in [5, 5.41) is 15.6. The van der Waals surface area contributed by atoms with Crippen LogP contribution in [0.25, 0.3) is 0 Å². The smallest absolute Gasteiger partial charge is 0.270 e. The molecule has 0 saturated heterocycles. The summed E-state index contributed by atoms with van der Waals surface area (Å²) in [5.74, 6) is -0.798. The molecular weight excluding hydrogens is 574 g/mol.